The van der Waals surface area contributed by atoms with Gasteiger partial charge < -0.3 is 24.1 Å². The molecular weight excluding hydrogens is 382 g/mol. The summed E-state index contributed by atoms with van der Waals surface area (Å²) < 4.78 is 22.6. The summed E-state index contributed by atoms with van der Waals surface area (Å²) >= 11 is 0. The lowest BCUT2D eigenvalue weighted by Crippen LogP contribution is -2.18. The molecule has 1 saturated carbocycles. The Morgan fingerprint density at radius 1 is 1.03 bits per heavy atom. The Bertz CT molecular complexity index is 1030. The molecule has 1 fully saturated rings. The minimum atomic E-state index is 0.252. The van der Waals surface area contributed by atoms with Gasteiger partial charge in [-0.3, -0.25) is 0 Å². The van der Waals surface area contributed by atoms with Crippen molar-refractivity contribution in [1.82, 2.24) is 15.5 Å². The van der Waals surface area contributed by atoms with Gasteiger partial charge in [-0.05, 0) is 37.8 Å². The van der Waals surface area contributed by atoms with Crippen LogP contribution in [0.2, 0.25) is 0 Å². The second-order valence-electron chi connectivity index (χ2n) is 8.20. The van der Waals surface area contributed by atoms with Gasteiger partial charge in [0.25, 0.3) is 0 Å². The number of ether oxygens (including phenoxy) is 3. The Morgan fingerprint density at radius 2 is 1.87 bits per heavy atom. The predicted molar refractivity (Wildman–Crippen MR) is 112 cm³/mol. The Balaban J connectivity index is 1.37. The van der Waals surface area contributed by atoms with Gasteiger partial charge in [-0.25, -0.2) is 4.98 Å². The van der Waals surface area contributed by atoms with Crippen molar-refractivity contribution < 1.29 is 18.7 Å². The topological polar surface area (TPSA) is 78.6 Å². The number of fused-ring (bicyclic) bond motifs is 2. The standard InChI is InChI=1S/C23H27N3O4/c1-15-7-19(30-26-15)12-24-11-18-8-17-9-21-22(29-14-28-21)10-20(17)25-23(18)27-13-16-5-3-2-4-6-16/h7-10,16,24H,2-6,11-14H2,1H3. The first-order chi connectivity index (χ1) is 14.7. The highest BCUT2D eigenvalue weighted by atomic mass is 16.7. The van der Waals surface area contributed by atoms with Gasteiger partial charge in [0, 0.05) is 29.6 Å². The second kappa shape index (κ2) is 8.52. The Morgan fingerprint density at radius 3 is 2.67 bits per heavy atom. The van der Waals surface area contributed by atoms with Gasteiger partial charge >= 0.3 is 0 Å². The lowest BCUT2D eigenvalue weighted by molar-refractivity contribution is 0.174. The van der Waals surface area contributed by atoms with Crippen LogP contribution in [-0.4, -0.2) is 23.5 Å². The van der Waals surface area contributed by atoms with Crippen molar-refractivity contribution in [2.45, 2.75) is 52.1 Å². The molecule has 0 bridgehead atoms. The number of benzene rings is 1. The monoisotopic (exact) mass is 409 g/mol. The highest BCUT2D eigenvalue weighted by Gasteiger charge is 2.19. The van der Waals surface area contributed by atoms with Crippen molar-refractivity contribution in [3.63, 3.8) is 0 Å². The van der Waals surface area contributed by atoms with Crippen molar-refractivity contribution in [2.24, 2.45) is 5.92 Å². The molecule has 2 aliphatic rings. The molecule has 1 N–H and O–H groups in total. The molecule has 1 aliphatic carbocycles. The maximum atomic E-state index is 6.25. The van der Waals surface area contributed by atoms with Crippen molar-refractivity contribution in [3.8, 4) is 17.4 Å². The minimum absolute atomic E-state index is 0.252. The molecule has 0 amide bonds. The van der Waals surface area contributed by atoms with E-state index in [1.807, 2.05) is 25.1 Å². The summed E-state index contributed by atoms with van der Waals surface area (Å²) in [6.45, 7) is 4.11. The smallest absolute Gasteiger partial charge is 0.231 e. The molecule has 0 atom stereocenters. The number of hydrogen-bond donors (Lipinski definition) is 1. The third-order valence-corrected chi connectivity index (χ3v) is 5.82. The molecule has 7 nitrogen and oxygen atoms in total. The lowest BCUT2D eigenvalue weighted by Gasteiger charge is -2.22. The van der Waals surface area contributed by atoms with Crippen LogP contribution < -0.4 is 19.5 Å². The number of aromatic nitrogens is 2. The molecule has 3 aromatic rings. The summed E-state index contributed by atoms with van der Waals surface area (Å²) in [7, 11) is 0. The van der Waals surface area contributed by atoms with E-state index in [0.717, 1.165) is 46.0 Å². The maximum Gasteiger partial charge on any atom is 0.231 e. The number of hydrogen-bond acceptors (Lipinski definition) is 7. The minimum Gasteiger partial charge on any atom is -0.477 e. The van der Waals surface area contributed by atoms with Crippen LogP contribution in [0.15, 0.2) is 28.8 Å². The molecular formula is C23H27N3O4. The van der Waals surface area contributed by atoms with E-state index < -0.39 is 0 Å². The van der Waals surface area contributed by atoms with E-state index in [0.29, 0.717) is 24.9 Å². The first-order valence-electron chi connectivity index (χ1n) is 10.7. The average Bonchev–Trinajstić information content (AvgIpc) is 3.39. The first kappa shape index (κ1) is 19.2. The Labute approximate surface area is 175 Å². The van der Waals surface area contributed by atoms with Crippen LogP contribution in [-0.2, 0) is 13.1 Å². The average molecular weight is 409 g/mol. The Hall–Kier alpha value is -2.80. The molecule has 5 rings (SSSR count). The number of aryl methyl sites for hydroxylation is 1. The fourth-order valence-corrected chi connectivity index (χ4v) is 4.21. The van der Waals surface area contributed by atoms with Gasteiger partial charge in [-0.1, -0.05) is 24.4 Å². The van der Waals surface area contributed by atoms with E-state index in [-0.39, 0.29) is 6.79 Å². The van der Waals surface area contributed by atoms with Crippen LogP contribution in [0, 0.1) is 12.8 Å². The summed E-state index contributed by atoms with van der Waals surface area (Å²) in [5.74, 6) is 3.62. The van der Waals surface area contributed by atoms with Crippen LogP contribution in [0.1, 0.15) is 49.1 Å². The number of rotatable bonds is 7. The first-order valence-corrected chi connectivity index (χ1v) is 10.7. The third kappa shape index (κ3) is 4.21. The zero-order valence-corrected chi connectivity index (χ0v) is 17.3. The third-order valence-electron chi connectivity index (χ3n) is 5.82. The number of pyridine rings is 1. The zero-order valence-electron chi connectivity index (χ0n) is 17.3. The van der Waals surface area contributed by atoms with Crippen molar-refractivity contribution in [1.29, 1.82) is 0 Å². The highest BCUT2D eigenvalue weighted by molar-refractivity contribution is 5.84. The predicted octanol–water partition coefficient (Wildman–Crippen LogP) is 4.51. The van der Waals surface area contributed by atoms with Gasteiger partial charge in [-0.15, -0.1) is 0 Å². The van der Waals surface area contributed by atoms with Gasteiger partial charge in [0.05, 0.1) is 24.4 Å². The van der Waals surface area contributed by atoms with Crippen molar-refractivity contribution in [2.75, 3.05) is 13.4 Å². The van der Waals surface area contributed by atoms with Crippen LogP contribution in [0.25, 0.3) is 10.9 Å². The zero-order chi connectivity index (χ0) is 20.3. The lowest BCUT2D eigenvalue weighted by atomic mass is 9.90. The molecule has 7 heteroatoms. The second-order valence-corrected chi connectivity index (χ2v) is 8.20. The Kier molecular flexibility index (Phi) is 5.45. The van der Waals surface area contributed by atoms with E-state index in [9.17, 15) is 0 Å². The molecule has 3 heterocycles. The fraction of sp³-hybridized carbons (Fsp3) is 0.478. The fourth-order valence-electron chi connectivity index (χ4n) is 4.21. The van der Waals surface area contributed by atoms with Crippen LogP contribution >= 0.6 is 0 Å². The van der Waals surface area contributed by atoms with Gasteiger partial charge in [0.1, 0.15) is 0 Å². The summed E-state index contributed by atoms with van der Waals surface area (Å²) in [6, 6.07) is 7.98. The molecule has 0 saturated heterocycles. The van der Waals surface area contributed by atoms with E-state index in [2.05, 4.69) is 16.5 Å². The van der Waals surface area contributed by atoms with Crippen LogP contribution in [0.5, 0.6) is 17.4 Å². The molecule has 0 unspecified atom stereocenters. The summed E-state index contributed by atoms with van der Waals surface area (Å²) in [6.07, 6.45) is 6.42. The van der Waals surface area contributed by atoms with Crippen LogP contribution in [0.3, 0.4) is 0 Å². The highest BCUT2D eigenvalue weighted by Crippen LogP contribution is 2.37. The largest absolute Gasteiger partial charge is 0.477 e. The maximum absolute atomic E-state index is 6.25. The summed E-state index contributed by atoms with van der Waals surface area (Å²) in [5.41, 5.74) is 2.76. The van der Waals surface area contributed by atoms with Crippen LogP contribution in [0.4, 0.5) is 0 Å². The van der Waals surface area contributed by atoms with Crippen molar-refractivity contribution in [3.05, 3.63) is 41.3 Å². The summed E-state index contributed by atoms with van der Waals surface area (Å²) in [5, 5.41) is 8.37. The molecule has 1 aromatic carbocycles. The van der Waals surface area contributed by atoms with E-state index in [1.54, 1.807) is 0 Å². The number of nitrogens with one attached hydrogen (secondary N) is 1. The van der Waals surface area contributed by atoms with Gasteiger partial charge in [0.15, 0.2) is 17.3 Å². The molecule has 0 radical (unpaired) electrons. The van der Waals surface area contributed by atoms with E-state index in [1.165, 1.54) is 32.1 Å². The molecule has 1 aliphatic heterocycles. The quantitative estimate of drug-likeness (QED) is 0.615. The molecule has 2 aromatic heterocycles. The molecule has 30 heavy (non-hydrogen) atoms. The number of nitrogens with zero attached hydrogens (tertiary/aromatic N) is 2. The van der Waals surface area contributed by atoms with Gasteiger partial charge in [-0.2, -0.15) is 0 Å². The normalized spacial score (nSPS) is 16.3. The SMILES string of the molecule is Cc1cc(CNCc2cc3cc4c(cc3nc2OCC2CCCCC2)OCO4)on1. The molecule has 0 spiro atoms. The molecule has 158 valence electrons. The summed E-state index contributed by atoms with van der Waals surface area (Å²) in [4.78, 5) is 4.83. The van der Waals surface area contributed by atoms with Gasteiger partial charge in [0.2, 0.25) is 12.7 Å². The van der Waals surface area contributed by atoms with E-state index in [4.69, 9.17) is 23.7 Å². The van der Waals surface area contributed by atoms with E-state index >= 15 is 0 Å². The van der Waals surface area contributed by atoms with Crippen molar-refractivity contribution >= 4 is 10.9 Å².